The van der Waals surface area contributed by atoms with Crippen LogP contribution in [0, 0.1) is 0 Å². The SMILES string of the molecule is CCCCCCCCCCCC(n1cc[n+](CCCCCCCCCC)c1)C(C)(Cc1ccccc1)c1ccccc1. The maximum Gasteiger partial charge on any atom is 0.244 e. The smallest absolute Gasteiger partial charge is 0.237 e. The number of unbranched alkanes of at least 4 members (excludes halogenated alkanes) is 15. The standard InChI is InChI=1S/C40H63N2/c1-4-6-8-10-12-14-15-17-25-31-39(42-34-33-41(36-42)32-26-18-16-13-11-9-7-5-2)40(3,38-29-23-20-24-30-38)35-37-27-21-19-22-28-37/h19-24,27-30,33-34,36,39H,4-18,25-26,31-32,35H2,1-3H3/q+1. The van der Waals surface area contributed by atoms with E-state index < -0.39 is 0 Å². The van der Waals surface area contributed by atoms with Crippen LogP contribution in [0.5, 0.6) is 0 Å². The van der Waals surface area contributed by atoms with Gasteiger partial charge in [-0.3, -0.25) is 0 Å². The summed E-state index contributed by atoms with van der Waals surface area (Å²) in [6, 6.07) is 22.9. The summed E-state index contributed by atoms with van der Waals surface area (Å²) in [5.74, 6) is 0. The molecule has 1 heterocycles. The number of aromatic nitrogens is 2. The third-order valence-corrected chi connectivity index (χ3v) is 9.51. The summed E-state index contributed by atoms with van der Waals surface area (Å²) in [5, 5.41) is 0. The minimum Gasteiger partial charge on any atom is -0.237 e. The van der Waals surface area contributed by atoms with Gasteiger partial charge in [-0.2, -0.15) is 0 Å². The number of imidazole rings is 1. The highest BCUT2D eigenvalue weighted by atomic mass is 15.1. The molecule has 0 spiro atoms. The number of hydrogen-bond donors (Lipinski definition) is 0. The number of benzene rings is 2. The van der Waals surface area contributed by atoms with Crippen LogP contribution in [0.2, 0.25) is 0 Å². The van der Waals surface area contributed by atoms with Crippen LogP contribution in [0.3, 0.4) is 0 Å². The lowest BCUT2D eigenvalue weighted by atomic mass is 9.70. The third kappa shape index (κ3) is 12.1. The molecule has 0 bridgehead atoms. The molecule has 3 rings (SSSR count). The molecule has 3 aromatic rings. The number of nitrogens with zero attached hydrogens (tertiary/aromatic N) is 2. The quantitative estimate of drug-likeness (QED) is 0.0747. The maximum atomic E-state index is 2.57. The van der Waals surface area contributed by atoms with Gasteiger partial charge in [-0.25, -0.2) is 9.13 Å². The highest BCUT2D eigenvalue weighted by Crippen LogP contribution is 2.41. The van der Waals surface area contributed by atoms with Crippen LogP contribution in [0.4, 0.5) is 0 Å². The molecule has 0 aliphatic heterocycles. The predicted molar refractivity (Wildman–Crippen MR) is 182 cm³/mol. The van der Waals surface area contributed by atoms with Gasteiger partial charge in [0.1, 0.15) is 18.4 Å². The summed E-state index contributed by atoms with van der Waals surface area (Å²) in [6.45, 7) is 8.26. The fraction of sp³-hybridized carbons (Fsp3) is 0.625. The van der Waals surface area contributed by atoms with Crippen molar-refractivity contribution < 1.29 is 4.57 Å². The zero-order chi connectivity index (χ0) is 29.7. The monoisotopic (exact) mass is 571 g/mol. The highest BCUT2D eigenvalue weighted by Gasteiger charge is 2.40. The summed E-state index contributed by atoms with van der Waals surface area (Å²) in [4.78, 5) is 0. The molecule has 2 unspecified atom stereocenters. The minimum atomic E-state index is 0.0120. The van der Waals surface area contributed by atoms with E-state index in [1.54, 1.807) is 0 Å². The summed E-state index contributed by atoms with van der Waals surface area (Å²) < 4.78 is 5.03. The van der Waals surface area contributed by atoms with Gasteiger partial charge in [-0.15, -0.1) is 0 Å². The van der Waals surface area contributed by atoms with Crippen molar-refractivity contribution >= 4 is 0 Å². The molecule has 0 N–H and O–H groups in total. The Bertz CT molecular complexity index is 1040. The second-order valence-corrected chi connectivity index (χ2v) is 13.2. The van der Waals surface area contributed by atoms with Crippen LogP contribution in [0.25, 0.3) is 0 Å². The van der Waals surface area contributed by atoms with E-state index in [2.05, 4.69) is 109 Å². The Morgan fingerprint density at radius 1 is 0.619 bits per heavy atom. The van der Waals surface area contributed by atoms with Gasteiger partial charge in [0.15, 0.2) is 0 Å². The highest BCUT2D eigenvalue weighted by molar-refractivity contribution is 5.30. The van der Waals surface area contributed by atoms with Gasteiger partial charge in [0, 0.05) is 5.41 Å². The largest absolute Gasteiger partial charge is 0.244 e. The van der Waals surface area contributed by atoms with Gasteiger partial charge in [-0.05, 0) is 43.2 Å². The molecule has 0 aliphatic carbocycles. The van der Waals surface area contributed by atoms with Crippen LogP contribution in [0.15, 0.2) is 79.4 Å². The van der Waals surface area contributed by atoms with Crippen molar-refractivity contribution in [2.75, 3.05) is 0 Å². The average molecular weight is 572 g/mol. The van der Waals surface area contributed by atoms with E-state index in [0.717, 1.165) is 13.0 Å². The molecule has 0 fully saturated rings. The van der Waals surface area contributed by atoms with Gasteiger partial charge >= 0.3 is 0 Å². The molecule has 1 aromatic heterocycles. The Labute approximate surface area is 260 Å². The first kappa shape index (κ1) is 34.1. The first-order valence-corrected chi connectivity index (χ1v) is 17.8. The van der Waals surface area contributed by atoms with Crippen LogP contribution < -0.4 is 4.57 Å². The van der Waals surface area contributed by atoms with E-state index in [9.17, 15) is 0 Å². The molecular formula is C40H63N2+. The molecule has 232 valence electrons. The zero-order valence-electron chi connectivity index (χ0n) is 27.6. The van der Waals surface area contributed by atoms with Gasteiger partial charge in [0.25, 0.3) is 0 Å². The van der Waals surface area contributed by atoms with Gasteiger partial charge in [-0.1, -0.05) is 171 Å². The lowest BCUT2D eigenvalue weighted by molar-refractivity contribution is -0.697. The van der Waals surface area contributed by atoms with Crippen molar-refractivity contribution in [3.8, 4) is 0 Å². The Morgan fingerprint density at radius 3 is 1.69 bits per heavy atom. The molecule has 2 heteroatoms. The Morgan fingerprint density at radius 2 is 1.12 bits per heavy atom. The Hall–Kier alpha value is -2.35. The summed E-state index contributed by atoms with van der Waals surface area (Å²) >= 11 is 0. The molecule has 2 nitrogen and oxygen atoms in total. The molecule has 42 heavy (non-hydrogen) atoms. The van der Waals surface area contributed by atoms with Crippen LogP contribution in [-0.4, -0.2) is 4.57 Å². The molecule has 0 saturated heterocycles. The van der Waals surface area contributed by atoms with Crippen LogP contribution >= 0.6 is 0 Å². The molecule has 0 amide bonds. The minimum absolute atomic E-state index is 0.0120. The van der Waals surface area contributed by atoms with Crippen molar-refractivity contribution in [1.29, 1.82) is 0 Å². The van der Waals surface area contributed by atoms with Gasteiger partial charge in [0.2, 0.25) is 6.33 Å². The molecule has 0 saturated carbocycles. The van der Waals surface area contributed by atoms with Crippen molar-refractivity contribution in [1.82, 2.24) is 4.57 Å². The summed E-state index contributed by atoms with van der Waals surface area (Å²) in [7, 11) is 0. The Kier molecular flexibility index (Phi) is 16.7. The van der Waals surface area contributed by atoms with Gasteiger partial charge in [0.05, 0.1) is 6.54 Å². The van der Waals surface area contributed by atoms with E-state index in [0.29, 0.717) is 6.04 Å². The second-order valence-electron chi connectivity index (χ2n) is 13.2. The molecule has 0 radical (unpaired) electrons. The fourth-order valence-corrected chi connectivity index (χ4v) is 6.85. The molecule has 2 aromatic carbocycles. The fourth-order valence-electron chi connectivity index (χ4n) is 6.85. The zero-order valence-corrected chi connectivity index (χ0v) is 27.6. The maximum absolute atomic E-state index is 2.57. The lowest BCUT2D eigenvalue weighted by Gasteiger charge is -2.37. The molecular weight excluding hydrogens is 508 g/mol. The van der Waals surface area contributed by atoms with E-state index in [-0.39, 0.29) is 5.41 Å². The van der Waals surface area contributed by atoms with Crippen LogP contribution in [-0.2, 0) is 18.4 Å². The van der Waals surface area contributed by atoms with Gasteiger partial charge < -0.3 is 0 Å². The number of aryl methyl sites for hydroxylation is 1. The summed E-state index contributed by atoms with van der Waals surface area (Å²) in [6.07, 6.45) is 32.8. The summed E-state index contributed by atoms with van der Waals surface area (Å²) in [5.41, 5.74) is 2.90. The normalized spacial score (nSPS) is 13.7. The third-order valence-electron chi connectivity index (χ3n) is 9.51. The van der Waals surface area contributed by atoms with Crippen molar-refractivity contribution in [3.05, 3.63) is 90.5 Å². The van der Waals surface area contributed by atoms with E-state index in [1.165, 1.54) is 127 Å². The Balaban J connectivity index is 1.68. The first-order valence-electron chi connectivity index (χ1n) is 17.8. The van der Waals surface area contributed by atoms with Crippen molar-refractivity contribution in [3.63, 3.8) is 0 Å². The van der Waals surface area contributed by atoms with Crippen molar-refractivity contribution in [2.45, 2.75) is 161 Å². The second kappa shape index (κ2) is 20.5. The van der Waals surface area contributed by atoms with E-state index in [4.69, 9.17) is 0 Å². The average Bonchev–Trinajstić information content (AvgIpc) is 3.48. The van der Waals surface area contributed by atoms with Crippen LogP contribution in [0.1, 0.15) is 154 Å². The van der Waals surface area contributed by atoms with E-state index in [1.807, 2.05) is 0 Å². The predicted octanol–water partition coefficient (Wildman–Crippen LogP) is 11.6. The number of rotatable bonds is 24. The number of hydrogen-bond acceptors (Lipinski definition) is 0. The molecule has 2 atom stereocenters. The van der Waals surface area contributed by atoms with Crippen molar-refractivity contribution in [2.24, 2.45) is 0 Å². The van der Waals surface area contributed by atoms with E-state index >= 15 is 0 Å². The molecule has 0 aliphatic rings. The topological polar surface area (TPSA) is 8.81 Å². The first-order chi connectivity index (χ1) is 20.7. The lowest BCUT2D eigenvalue weighted by Crippen LogP contribution is -2.38.